The molecule has 0 fully saturated rings. The minimum atomic E-state index is -0.893. The van der Waals surface area contributed by atoms with Gasteiger partial charge in [0.05, 0.1) is 11.8 Å². The molecule has 1 aromatic heterocycles. The molecule has 106 valence electrons. The van der Waals surface area contributed by atoms with Crippen LogP contribution >= 0.6 is 0 Å². The Morgan fingerprint density at radius 2 is 2.00 bits per heavy atom. The molecule has 4 nitrogen and oxygen atoms in total. The molecule has 1 N–H and O–H groups in total. The molecule has 0 aliphatic rings. The number of carboxylic acid groups (broad SMARTS) is 1. The van der Waals surface area contributed by atoms with Crippen LogP contribution in [0.1, 0.15) is 28.6 Å². The lowest BCUT2D eigenvalue weighted by Crippen LogP contribution is -2.30. The van der Waals surface area contributed by atoms with Gasteiger partial charge in [-0.15, -0.1) is 0 Å². The molecule has 0 aliphatic carbocycles. The molecular weight excluding hydrogens is 254 g/mol. The number of rotatable bonds is 6. The molecule has 4 heteroatoms. The number of furan rings is 1. The molecular formula is C16H19NO3. The zero-order chi connectivity index (χ0) is 14.5. The van der Waals surface area contributed by atoms with Gasteiger partial charge in [0.2, 0.25) is 0 Å². The van der Waals surface area contributed by atoms with E-state index in [4.69, 9.17) is 9.52 Å². The molecule has 20 heavy (non-hydrogen) atoms. The summed E-state index contributed by atoms with van der Waals surface area (Å²) >= 11 is 0. The van der Waals surface area contributed by atoms with Crippen LogP contribution in [0.5, 0.6) is 0 Å². The van der Waals surface area contributed by atoms with Crippen LogP contribution in [0, 0.1) is 0 Å². The van der Waals surface area contributed by atoms with E-state index in [0.717, 1.165) is 24.3 Å². The molecule has 1 atom stereocenters. The summed E-state index contributed by atoms with van der Waals surface area (Å²) in [5.41, 5.74) is 1.42. The fraction of sp³-hybridized carbons (Fsp3) is 0.312. The molecule has 1 aromatic carbocycles. The molecule has 1 unspecified atom stereocenters. The predicted octanol–water partition coefficient (Wildman–Crippen LogP) is 3.04. The van der Waals surface area contributed by atoms with Gasteiger partial charge in [-0.2, -0.15) is 0 Å². The number of likely N-dealkylation sites (N-methyl/N-ethyl adjacent to an activating group) is 1. The summed E-state index contributed by atoms with van der Waals surface area (Å²) in [5, 5.41) is 8.87. The molecule has 0 aliphatic heterocycles. The highest BCUT2D eigenvalue weighted by Gasteiger charge is 2.12. The molecule has 0 spiro atoms. The number of nitrogens with zero attached hydrogens (tertiary/aromatic N) is 1. The summed E-state index contributed by atoms with van der Waals surface area (Å²) in [7, 11) is 2.05. The van der Waals surface area contributed by atoms with Gasteiger partial charge in [0.15, 0.2) is 0 Å². The van der Waals surface area contributed by atoms with E-state index >= 15 is 0 Å². The second-order valence-electron chi connectivity index (χ2n) is 5.05. The first-order valence-electron chi connectivity index (χ1n) is 6.61. The monoisotopic (exact) mass is 273 g/mol. The highest BCUT2D eigenvalue weighted by molar-refractivity contribution is 5.87. The van der Waals surface area contributed by atoms with E-state index in [1.165, 1.54) is 0 Å². The van der Waals surface area contributed by atoms with Crippen molar-refractivity contribution >= 4 is 5.97 Å². The number of carboxylic acids is 1. The molecule has 1 heterocycles. The summed E-state index contributed by atoms with van der Waals surface area (Å²) in [6, 6.07) is 11.2. The van der Waals surface area contributed by atoms with Crippen LogP contribution in [-0.4, -0.2) is 29.1 Å². The van der Waals surface area contributed by atoms with Crippen LogP contribution in [0.15, 0.2) is 47.1 Å². The minimum absolute atomic E-state index is 0.319. The Kier molecular flexibility index (Phi) is 4.58. The zero-order valence-electron chi connectivity index (χ0n) is 11.7. The fourth-order valence-electron chi connectivity index (χ4n) is 2.07. The van der Waals surface area contributed by atoms with Crippen LogP contribution < -0.4 is 0 Å². The molecule has 0 bridgehead atoms. The molecule has 0 saturated heterocycles. The maximum absolute atomic E-state index is 10.8. The SMILES string of the molecule is CC(Cc1ccco1)N(C)Cc1ccc(C(=O)O)cc1. The number of hydrogen-bond acceptors (Lipinski definition) is 3. The standard InChI is InChI=1S/C16H19NO3/c1-12(10-15-4-3-9-20-15)17(2)11-13-5-7-14(8-6-13)16(18)19/h3-9,12H,10-11H2,1-2H3,(H,18,19). The van der Waals surface area contributed by atoms with Gasteiger partial charge >= 0.3 is 5.97 Å². The number of carbonyl (C=O) groups is 1. The first-order chi connectivity index (χ1) is 9.56. The lowest BCUT2D eigenvalue weighted by Gasteiger charge is -2.24. The molecule has 0 radical (unpaired) electrons. The van der Waals surface area contributed by atoms with Crippen molar-refractivity contribution in [1.82, 2.24) is 4.90 Å². The first-order valence-corrected chi connectivity index (χ1v) is 6.61. The summed E-state index contributed by atoms with van der Waals surface area (Å²) < 4.78 is 5.35. The Morgan fingerprint density at radius 3 is 2.55 bits per heavy atom. The Morgan fingerprint density at radius 1 is 1.30 bits per heavy atom. The van der Waals surface area contributed by atoms with Crippen molar-refractivity contribution in [1.29, 1.82) is 0 Å². The molecule has 0 amide bonds. The van der Waals surface area contributed by atoms with Crippen molar-refractivity contribution in [2.24, 2.45) is 0 Å². The highest BCUT2D eigenvalue weighted by atomic mass is 16.4. The zero-order valence-corrected chi connectivity index (χ0v) is 11.7. The topological polar surface area (TPSA) is 53.7 Å². The quantitative estimate of drug-likeness (QED) is 0.879. The third kappa shape index (κ3) is 3.71. The van der Waals surface area contributed by atoms with Crippen LogP contribution in [0.3, 0.4) is 0 Å². The summed E-state index contributed by atoms with van der Waals surface area (Å²) in [5.74, 6) is 0.0849. The highest BCUT2D eigenvalue weighted by Crippen LogP contribution is 2.12. The van der Waals surface area contributed by atoms with Gasteiger partial charge in [-0.3, -0.25) is 4.90 Å². The second kappa shape index (κ2) is 6.39. The summed E-state index contributed by atoms with van der Waals surface area (Å²) in [6.45, 7) is 2.93. The average molecular weight is 273 g/mol. The molecule has 2 aromatic rings. The van der Waals surface area contributed by atoms with Crippen molar-refractivity contribution in [2.45, 2.75) is 25.9 Å². The number of hydrogen-bond donors (Lipinski definition) is 1. The van der Waals surface area contributed by atoms with Crippen LogP contribution in [0.2, 0.25) is 0 Å². The lowest BCUT2D eigenvalue weighted by molar-refractivity contribution is 0.0697. The smallest absolute Gasteiger partial charge is 0.335 e. The van der Waals surface area contributed by atoms with Crippen LogP contribution in [0.4, 0.5) is 0 Å². The van der Waals surface area contributed by atoms with Crippen LogP contribution in [0.25, 0.3) is 0 Å². The Bertz CT molecular complexity index is 546. The summed E-state index contributed by atoms with van der Waals surface area (Å²) in [4.78, 5) is 13.0. The third-order valence-corrected chi connectivity index (χ3v) is 3.46. The van der Waals surface area contributed by atoms with E-state index in [9.17, 15) is 4.79 Å². The lowest BCUT2D eigenvalue weighted by atomic mass is 10.1. The second-order valence-corrected chi connectivity index (χ2v) is 5.05. The predicted molar refractivity (Wildman–Crippen MR) is 76.7 cm³/mol. The van der Waals surface area contributed by atoms with E-state index < -0.39 is 5.97 Å². The first kappa shape index (κ1) is 14.3. The van der Waals surface area contributed by atoms with Gasteiger partial charge in [0.25, 0.3) is 0 Å². The minimum Gasteiger partial charge on any atom is -0.478 e. The molecule has 0 saturated carbocycles. The van der Waals surface area contributed by atoms with Crippen molar-refractivity contribution in [3.05, 3.63) is 59.5 Å². The van der Waals surface area contributed by atoms with E-state index in [2.05, 4.69) is 18.9 Å². The van der Waals surface area contributed by atoms with E-state index in [1.54, 1.807) is 18.4 Å². The largest absolute Gasteiger partial charge is 0.478 e. The van der Waals surface area contributed by atoms with E-state index in [0.29, 0.717) is 11.6 Å². The Hall–Kier alpha value is -2.07. The Labute approximate surface area is 118 Å². The van der Waals surface area contributed by atoms with Crippen molar-refractivity contribution < 1.29 is 14.3 Å². The van der Waals surface area contributed by atoms with Crippen molar-refractivity contribution in [3.63, 3.8) is 0 Å². The maximum Gasteiger partial charge on any atom is 0.335 e. The van der Waals surface area contributed by atoms with E-state index in [-0.39, 0.29) is 0 Å². The maximum atomic E-state index is 10.8. The van der Waals surface area contributed by atoms with Gasteiger partial charge in [0, 0.05) is 19.0 Å². The number of benzene rings is 1. The van der Waals surface area contributed by atoms with Gasteiger partial charge in [-0.1, -0.05) is 12.1 Å². The van der Waals surface area contributed by atoms with Gasteiger partial charge in [-0.05, 0) is 43.8 Å². The molecule has 2 rings (SSSR count). The fourth-order valence-corrected chi connectivity index (χ4v) is 2.07. The van der Waals surface area contributed by atoms with Crippen LogP contribution in [-0.2, 0) is 13.0 Å². The van der Waals surface area contributed by atoms with Gasteiger partial charge in [-0.25, -0.2) is 4.79 Å². The number of aromatic carboxylic acids is 1. The van der Waals surface area contributed by atoms with Gasteiger partial charge in [0.1, 0.15) is 5.76 Å². The van der Waals surface area contributed by atoms with E-state index in [1.807, 2.05) is 24.3 Å². The average Bonchev–Trinajstić information content (AvgIpc) is 2.92. The third-order valence-electron chi connectivity index (χ3n) is 3.46. The Balaban J connectivity index is 1.93. The van der Waals surface area contributed by atoms with Crippen molar-refractivity contribution in [2.75, 3.05) is 7.05 Å². The normalized spacial score (nSPS) is 12.6. The summed E-state index contributed by atoms with van der Waals surface area (Å²) in [6.07, 6.45) is 2.55. The van der Waals surface area contributed by atoms with Crippen molar-refractivity contribution in [3.8, 4) is 0 Å². The van der Waals surface area contributed by atoms with Gasteiger partial charge < -0.3 is 9.52 Å².